The highest BCUT2D eigenvalue weighted by molar-refractivity contribution is 7.80. The molecule has 0 spiro atoms. The molecule has 0 saturated heterocycles. The van der Waals surface area contributed by atoms with Gasteiger partial charge in [0.05, 0.1) is 6.10 Å². The minimum absolute atomic E-state index is 0.0794. The molecule has 1 amide bonds. The highest BCUT2D eigenvalue weighted by atomic mass is 32.1. The molecule has 110 valence electrons. The van der Waals surface area contributed by atoms with Gasteiger partial charge in [0.15, 0.2) is 0 Å². The van der Waals surface area contributed by atoms with Crippen LogP contribution in [0.25, 0.3) is 0 Å². The molecule has 0 fully saturated rings. The predicted octanol–water partition coefficient (Wildman–Crippen LogP) is 2.26. The average Bonchev–Trinajstić information content (AvgIpc) is 2.42. The Balaban J connectivity index is 2.27. The molecule has 0 radical (unpaired) electrons. The third-order valence-corrected chi connectivity index (χ3v) is 2.98. The van der Waals surface area contributed by atoms with Crippen molar-refractivity contribution in [3.05, 3.63) is 35.4 Å². The Morgan fingerprint density at radius 3 is 2.40 bits per heavy atom. The third-order valence-electron chi connectivity index (χ3n) is 2.74. The van der Waals surface area contributed by atoms with E-state index in [4.69, 9.17) is 22.7 Å². The van der Waals surface area contributed by atoms with E-state index in [1.165, 1.54) is 0 Å². The van der Waals surface area contributed by atoms with E-state index in [1.54, 1.807) is 24.3 Å². The van der Waals surface area contributed by atoms with Crippen molar-refractivity contribution in [2.45, 2.75) is 32.8 Å². The zero-order chi connectivity index (χ0) is 15.0. The SMILES string of the molecule is CC(C)OCCCCNC(=O)c1ccc(C(N)=S)cc1. The van der Waals surface area contributed by atoms with Crippen molar-refractivity contribution in [3.8, 4) is 0 Å². The van der Waals surface area contributed by atoms with E-state index in [-0.39, 0.29) is 12.0 Å². The Bertz CT molecular complexity index is 444. The molecule has 0 aliphatic rings. The average molecular weight is 294 g/mol. The molecule has 20 heavy (non-hydrogen) atoms. The molecule has 5 heteroatoms. The van der Waals surface area contributed by atoms with Gasteiger partial charge in [-0.3, -0.25) is 4.79 Å². The van der Waals surface area contributed by atoms with Gasteiger partial charge in [-0.1, -0.05) is 24.4 Å². The smallest absolute Gasteiger partial charge is 0.251 e. The van der Waals surface area contributed by atoms with Gasteiger partial charge in [-0.15, -0.1) is 0 Å². The standard InChI is InChI=1S/C15H22N2O2S/c1-11(2)19-10-4-3-9-17-15(18)13-7-5-12(6-8-13)14(16)20/h5-8,11H,3-4,9-10H2,1-2H3,(H2,16,20)(H,17,18). The van der Waals surface area contributed by atoms with E-state index in [1.807, 2.05) is 13.8 Å². The van der Waals surface area contributed by atoms with Crippen molar-refractivity contribution in [3.63, 3.8) is 0 Å². The van der Waals surface area contributed by atoms with E-state index in [0.717, 1.165) is 25.0 Å². The molecule has 0 heterocycles. The van der Waals surface area contributed by atoms with Crippen molar-refractivity contribution < 1.29 is 9.53 Å². The lowest BCUT2D eigenvalue weighted by Gasteiger charge is -2.08. The minimum Gasteiger partial charge on any atom is -0.389 e. The summed E-state index contributed by atoms with van der Waals surface area (Å²) in [5, 5.41) is 2.88. The van der Waals surface area contributed by atoms with Gasteiger partial charge >= 0.3 is 0 Å². The maximum Gasteiger partial charge on any atom is 0.251 e. The number of nitrogens with one attached hydrogen (secondary N) is 1. The lowest BCUT2D eigenvalue weighted by molar-refractivity contribution is 0.0754. The normalized spacial score (nSPS) is 10.6. The van der Waals surface area contributed by atoms with Gasteiger partial charge in [-0.05, 0) is 38.8 Å². The van der Waals surface area contributed by atoms with Gasteiger partial charge in [0, 0.05) is 24.3 Å². The van der Waals surface area contributed by atoms with E-state index in [2.05, 4.69) is 5.32 Å². The van der Waals surface area contributed by atoms with Crippen molar-refractivity contribution in [1.82, 2.24) is 5.32 Å². The summed E-state index contributed by atoms with van der Waals surface area (Å²) in [4.78, 5) is 12.2. The van der Waals surface area contributed by atoms with Crippen LogP contribution in [-0.4, -0.2) is 30.2 Å². The summed E-state index contributed by atoms with van der Waals surface area (Å²) in [6.45, 7) is 5.41. The largest absolute Gasteiger partial charge is 0.389 e. The number of rotatable bonds is 8. The first-order valence-corrected chi connectivity index (χ1v) is 7.21. The van der Waals surface area contributed by atoms with E-state index in [0.29, 0.717) is 17.1 Å². The summed E-state index contributed by atoms with van der Waals surface area (Å²) in [6, 6.07) is 6.97. The number of amides is 1. The number of hydrogen-bond donors (Lipinski definition) is 2. The Labute approximate surface area is 125 Å². The van der Waals surface area contributed by atoms with Crippen molar-refractivity contribution >= 4 is 23.1 Å². The molecule has 0 unspecified atom stereocenters. The van der Waals surface area contributed by atoms with Crippen LogP contribution in [0, 0.1) is 0 Å². The molecule has 0 aromatic heterocycles. The molecular formula is C15H22N2O2S. The van der Waals surface area contributed by atoms with Gasteiger partial charge in [-0.2, -0.15) is 0 Å². The summed E-state index contributed by atoms with van der Waals surface area (Å²) in [5.41, 5.74) is 6.89. The quantitative estimate of drug-likeness (QED) is 0.570. The number of carbonyl (C=O) groups excluding carboxylic acids is 1. The minimum atomic E-state index is -0.0794. The number of benzene rings is 1. The molecule has 1 aromatic carbocycles. The zero-order valence-corrected chi connectivity index (χ0v) is 12.8. The predicted molar refractivity (Wildman–Crippen MR) is 85.0 cm³/mol. The second-order valence-corrected chi connectivity index (χ2v) is 5.26. The van der Waals surface area contributed by atoms with E-state index < -0.39 is 0 Å². The van der Waals surface area contributed by atoms with Crippen LogP contribution in [0.1, 0.15) is 42.6 Å². The molecular weight excluding hydrogens is 272 g/mol. The first-order chi connectivity index (χ1) is 9.50. The van der Waals surface area contributed by atoms with Crippen molar-refractivity contribution in [2.24, 2.45) is 5.73 Å². The molecule has 1 aromatic rings. The highest BCUT2D eigenvalue weighted by Gasteiger charge is 2.05. The fourth-order valence-electron chi connectivity index (χ4n) is 1.64. The van der Waals surface area contributed by atoms with Crippen molar-refractivity contribution in [1.29, 1.82) is 0 Å². The van der Waals surface area contributed by atoms with E-state index in [9.17, 15) is 4.79 Å². The lowest BCUT2D eigenvalue weighted by Crippen LogP contribution is -2.24. The Morgan fingerprint density at radius 2 is 1.85 bits per heavy atom. The number of thiocarbonyl (C=S) groups is 1. The third kappa shape index (κ3) is 6.12. The summed E-state index contributed by atoms with van der Waals surface area (Å²) < 4.78 is 5.43. The summed E-state index contributed by atoms with van der Waals surface area (Å²) in [5.74, 6) is -0.0794. The van der Waals surface area contributed by atoms with Crippen LogP contribution in [0.15, 0.2) is 24.3 Å². The Morgan fingerprint density at radius 1 is 1.25 bits per heavy atom. The molecule has 3 N–H and O–H groups in total. The van der Waals surface area contributed by atoms with Gasteiger partial charge in [-0.25, -0.2) is 0 Å². The molecule has 4 nitrogen and oxygen atoms in total. The van der Waals surface area contributed by atoms with Gasteiger partial charge < -0.3 is 15.8 Å². The molecule has 1 rings (SSSR count). The van der Waals surface area contributed by atoms with Crippen LogP contribution in [-0.2, 0) is 4.74 Å². The number of hydrogen-bond acceptors (Lipinski definition) is 3. The summed E-state index contributed by atoms with van der Waals surface area (Å²) in [6.07, 6.45) is 2.11. The van der Waals surface area contributed by atoms with Gasteiger partial charge in [0.1, 0.15) is 4.99 Å². The van der Waals surface area contributed by atoms with Crippen LogP contribution < -0.4 is 11.1 Å². The molecule has 0 atom stereocenters. The summed E-state index contributed by atoms with van der Waals surface area (Å²) in [7, 11) is 0. The van der Waals surface area contributed by atoms with Crippen LogP contribution in [0.3, 0.4) is 0 Å². The second kappa shape index (κ2) is 8.66. The molecule has 0 saturated carbocycles. The number of nitrogens with two attached hydrogens (primary N) is 1. The molecule has 0 bridgehead atoms. The zero-order valence-electron chi connectivity index (χ0n) is 12.0. The maximum absolute atomic E-state index is 11.9. The first kappa shape index (κ1) is 16.6. The molecule has 0 aliphatic carbocycles. The monoisotopic (exact) mass is 294 g/mol. The van der Waals surface area contributed by atoms with E-state index >= 15 is 0 Å². The van der Waals surface area contributed by atoms with Gasteiger partial charge in [0.25, 0.3) is 5.91 Å². The Hall–Kier alpha value is -1.46. The topological polar surface area (TPSA) is 64.3 Å². The number of unbranched alkanes of at least 4 members (excludes halogenated alkanes) is 1. The van der Waals surface area contributed by atoms with Gasteiger partial charge in [0.2, 0.25) is 0 Å². The lowest BCUT2D eigenvalue weighted by atomic mass is 10.1. The second-order valence-electron chi connectivity index (χ2n) is 4.82. The maximum atomic E-state index is 11.9. The van der Waals surface area contributed by atoms with Crippen LogP contribution >= 0.6 is 12.2 Å². The van der Waals surface area contributed by atoms with Crippen LogP contribution in [0.2, 0.25) is 0 Å². The fourth-order valence-corrected chi connectivity index (χ4v) is 1.77. The highest BCUT2D eigenvalue weighted by Crippen LogP contribution is 2.04. The molecule has 0 aliphatic heterocycles. The van der Waals surface area contributed by atoms with Crippen LogP contribution in [0.4, 0.5) is 0 Å². The van der Waals surface area contributed by atoms with Crippen molar-refractivity contribution in [2.75, 3.05) is 13.2 Å². The Kier molecular flexibility index (Phi) is 7.18. The number of ether oxygens (including phenoxy) is 1. The summed E-state index contributed by atoms with van der Waals surface area (Å²) >= 11 is 4.87. The number of carbonyl (C=O) groups is 1. The first-order valence-electron chi connectivity index (χ1n) is 6.80. The van der Waals surface area contributed by atoms with Crippen LogP contribution in [0.5, 0.6) is 0 Å². The fraction of sp³-hybridized carbons (Fsp3) is 0.467.